The van der Waals surface area contributed by atoms with Crippen LogP contribution in [0.15, 0.2) is 18.2 Å². The third-order valence-electron chi connectivity index (χ3n) is 2.17. The van der Waals surface area contributed by atoms with Gasteiger partial charge in [-0.25, -0.2) is 9.78 Å². The molecule has 1 aromatic heterocycles. The second kappa shape index (κ2) is 7.16. The number of carbonyl (C=O) groups is 1. The number of alkyl carbamates (subject to hydrolysis) is 1. The third-order valence-corrected chi connectivity index (χ3v) is 2.17. The first-order chi connectivity index (χ1) is 10.1. The van der Waals surface area contributed by atoms with E-state index in [2.05, 4.69) is 22.1 Å². The van der Waals surface area contributed by atoms with Gasteiger partial charge < -0.3 is 10.1 Å². The first-order valence-electron chi connectivity index (χ1n) is 6.58. The fourth-order valence-corrected chi connectivity index (χ4v) is 1.36. The highest BCUT2D eigenvalue weighted by atomic mass is 19.4. The SMILES string of the molecule is CC(C)(C)OC(=O)NCCC#Cc1cccc(C(F)(F)F)n1. The van der Waals surface area contributed by atoms with Crippen molar-refractivity contribution in [2.24, 2.45) is 0 Å². The third kappa shape index (κ3) is 6.97. The van der Waals surface area contributed by atoms with Crippen LogP contribution in [0.4, 0.5) is 18.0 Å². The number of rotatable bonds is 2. The molecule has 0 aliphatic carbocycles. The summed E-state index contributed by atoms with van der Waals surface area (Å²) < 4.78 is 42.4. The van der Waals surface area contributed by atoms with Crippen molar-refractivity contribution >= 4 is 6.09 Å². The number of nitrogens with zero attached hydrogens (tertiary/aromatic N) is 1. The highest BCUT2D eigenvalue weighted by Crippen LogP contribution is 2.27. The molecule has 0 unspecified atom stereocenters. The van der Waals surface area contributed by atoms with Gasteiger partial charge in [0.25, 0.3) is 0 Å². The minimum absolute atomic E-state index is 0.0343. The summed E-state index contributed by atoms with van der Waals surface area (Å²) in [6.45, 7) is 5.46. The van der Waals surface area contributed by atoms with Gasteiger partial charge in [0.2, 0.25) is 0 Å². The van der Waals surface area contributed by atoms with Crippen LogP contribution in [0.3, 0.4) is 0 Å². The Morgan fingerprint density at radius 1 is 1.32 bits per heavy atom. The van der Waals surface area contributed by atoms with Crippen molar-refractivity contribution in [1.82, 2.24) is 10.3 Å². The van der Waals surface area contributed by atoms with Gasteiger partial charge in [0.15, 0.2) is 0 Å². The monoisotopic (exact) mass is 314 g/mol. The lowest BCUT2D eigenvalue weighted by Crippen LogP contribution is -2.32. The molecular formula is C15H17F3N2O2. The number of alkyl halides is 3. The van der Waals surface area contributed by atoms with Crippen LogP contribution in [0.25, 0.3) is 0 Å². The maximum Gasteiger partial charge on any atom is 0.433 e. The summed E-state index contributed by atoms with van der Waals surface area (Å²) in [5.41, 5.74) is -1.53. The lowest BCUT2D eigenvalue weighted by atomic mass is 10.2. The fraction of sp³-hybridized carbons (Fsp3) is 0.467. The van der Waals surface area contributed by atoms with Crippen LogP contribution in [-0.4, -0.2) is 23.2 Å². The van der Waals surface area contributed by atoms with Gasteiger partial charge in [-0.3, -0.25) is 0 Å². The predicted molar refractivity (Wildman–Crippen MR) is 75.0 cm³/mol. The molecule has 1 N–H and O–H groups in total. The average Bonchev–Trinajstić information content (AvgIpc) is 2.35. The number of aromatic nitrogens is 1. The van der Waals surface area contributed by atoms with E-state index < -0.39 is 23.6 Å². The first-order valence-corrected chi connectivity index (χ1v) is 6.58. The van der Waals surface area contributed by atoms with Crippen LogP contribution >= 0.6 is 0 Å². The van der Waals surface area contributed by atoms with Crippen LogP contribution < -0.4 is 5.32 Å². The van der Waals surface area contributed by atoms with Gasteiger partial charge in [0, 0.05) is 13.0 Å². The van der Waals surface area contributed by atoms with E-state index in [4.69, 9.17) is 4.74 Å². The van der Waals surface area contributed by atoms with Gasteiger partial charge in [0.1, 0.15) is 17.0 Å². The Bertz CT molecular complexity index is 581. The summed E-state index contributed by atoms with van der Waals surface area (Å²) in [7, 11) is 0. The van der Waals surface area contributed by atoms with Gasteiger partial charge in [-0.15, -0.1) is 0 Å². The summed E-state index contributed by atoms with van der Waals surface area (Å²) in [6, 6.07) is 3.53. The number of hydrogen-bond donors (Lipinski definition) is 1. The van der Waals surface area contributed by atoms with Crippen LogP contribution in [-0.2, 0) is 10.9 Å². The van der Waals surface area contributed by atoms with Crippen LogP contribution in [0.5, 0.6) is 0 Å². The second-order valence-electron chi connectivity index (χ2n) is 5.39. The van der Waals surface area contributed by atoms with E-state index in [1.807, 2.05) is 0 Å². The molecule has 1 amide bonds. The highest BCUT2D eigenvalue weighted by Gasteiger charge is 2.32. The molecule has 0 aromatic carbocycles. The molecule has 4 nitrogen and oxygen atoms in total. The van der Waals surface area contributed by atoms with Crippen molar-refractivity contribution in [3.63, 3.8) is 0 Å². The Morgan fingerprint density at radius 3 is 2.59 bits per heavy atom. The summed E-state index contributed by atoms with van der Waals surface area (Å²) in [5, 5.41) is 2.50. The predicted octanol–water partition coefficient (Wildman–Crippen LogP) is 3.37. The summed E-state index contributed by atoms with van der Waals surface area (Å²) in [6.07, 6.45) is -4.78. The van der Waals surface area contributed by atoms with Crippen molar-refractivity contribution < 1.29 is 22.7 Å². The second-order valence-corrected chi connectivity index (χ2v) is 5.39. The minimum Gasteiger partial charge on any atom is -0.444 e. The number of ether oxygens (including phenoxy) is 1. The van der Waals surface area contributed by atoms with Crippen molar-refractivity contribution in [2.45, 2.75) is 39.0 Å². The molecule has 0 atom stereocenters. The molecule has 0 aliphatic heterocycles. The molecule has 0 radical (unpaired) electrons. The Kier molecular flexibility index (Phi) is 5.80. The molecule has 7 heteroatoms. The molecule has 0 aliphatic rings. The summed E-state index contributed by atoms with van der Waals surface area (Å²) >= 11 is 0. The molecular weight excluding hydrogens is 297 g/mol. The molecule has 0 spiro atoms. The lowest BCUT2D eigenvalue weighted by Gasteiger charge is -2.19. The number of amides is 1. The number of nitrogens with one attached hydrogen (secondary N) is 1. The Balaban J connectivity index is 2.47. The zero-order chi connectivity index (χ0) is 16.8. The zero-order valence-corrected chi connectivity index (χ0v) is 12.5. The molecule has 1 rings (SSSR count). The zero-order valence-electron chi connectivity index (χ0n) is 12.5. The Labute approximate surface area is 127 Å². The molecule has 1 heterocycles. The Hall–Kier alpha value is -2.23. The van der Waals surface area contributed by atoms with E-state index in [1.54, 1.807) is 20.8 Å². The van der Waals surface area contributed by atoms with Gasteiger partial charge >= 0.3 is 12.3 Å². The van der Waals surface area contributed by atoms with E-state index in [0.717, 1.165) is 6.07 Å². The minimum atomic E-state index is -4.49. The van der Waals surface area contributed by atoms with Crippen molar-refractivity contribution in [2.75, 3.05) is 6.54 Å². The number of hydrogen-bond acceptors (Lipinski definition) is 3. The van der Waals surface area contributed by atoms with Gasteiger partial charge in [-0.05, 0) is 38.8 Å². The Morgan fingerprint density at radius 2 is 2.00 bits per heavy atom. The molecule has 0 fully saturated rings. The lowest BCUT2D eigenvalue weighted by molar-refractivity contribution is -0.141. The maximum absolute atomic E-state index is 12.5. The van der Waals surface area contributed by atoms with Gasteiger partial charge in [0.05, 0.1) is 0 Å². The average molecular weight is 314 g/mol. The van der Waals surface area contributed by atoms with Gasteiger partial charge in [-0.2, -0.15) is 13.2 Å². The number of pyridine rings is 1. The van der Waals surface area contributed by atoms with Crippen molar-refractivity contribution in [3.05, 3.63) is 29.6 Å². The summed E-state index contributed by atoms with van der Waals surface area (Å²) in [4.78, 5) is 14.7. The van der Waals surface area contributed by atoms with Crippen molar-refractivity contribution in [3.8, 4) is 11.8 Å². The molecule has 22 heavy (non-hydrogen) atoms. The smallest absolute Gasteiger partial charge is 0.433 e. The van der Waals surface area contributed by atoms with Crippen LogP contribution in [0.1, 0.15) is 38.6 Å². The number of halogens is 3. The molecule has 1 aromatic rings. The van der Waals surface area contributed by atoms with Crippen LogP contribution in [0, 0.1) is 11.8 Å². The van der Waals surface area contributed by atoms with E-state index >= 15 is 0 Å². The van der Waals surface area contributed by atoms with E-state index in [-0.39, 0.29) is 18.7 Å². The van der Waals surface area contributed by atoms with Gasteiger partial charge in [-0.1, -0.05) is 12.0 Å². The maximum atomic E-state index is 12.5. The number of carbonyl (C=O) groups excluding carboxylic acids is 1. The van der Waals surface area contributed by atoms with Crippen LogP contribution in [0.2, 0.25) is 0 Å². The van der Waals surface area contributed by atoms with Crippen molar-refractivity contribution in [1.29, 1.82) is 0 Å². The standard InChI is InChI=1S/C15H17F3N2O2/c1-14(2,3)22-13(21)19-10-5-4-7-11-8-6-9-12(20-11)15(16,17)18/h6,8-9H,5,10H2,1-3H3,(H,19,21). The molecule has 0 saturated heterocycles. The first kappa shape index (κ1) is 17.8. The topological polar surface area (TPSA) is 51.2 Å². The quantitative estimate of drug-likeness (QED) is 0.672. The molecule has 0 bridgehead atoms. The molecule has 120 valence electrons. The fourth-order valence-electron chi connectivity index (χ4n) is 1.36. The normalized spacial score (nSPS) is 11.4. The van der Waals surface area contributed by atoms with E-state index in [0.29, 0.717) is 0 Å². The van der Waals surface area contributed by atoms with E-state index in [9.17, 15) is 18.0 Å². The summed E-state index contributed by atoms with van der Waals surface area (Å²) in [5.74, 6) is 5.17. The highest BCUT2D eigenvalue weighted by molar-refractivity contribution is 5.67. The molecule has 0 saturated carbocycles. The largest absolute Gasteiger partial charge is 0.444 e. The van der Waals surface area contributed by atoms with E-state index in [1.165, 1.54) is 12.1 Å².